The van der Waals surface area contributed by atoms with Gasteiger partial charge in [-0.25, -0.2) is 15.0 Å². The van der Waals surface area contributed by atoms with Gasteiger partial charge in [-0.05, 0) is 52.5 Å². The Kier molecular flexibility index (Phi) is 5.17. The van der Waals surface area contributed by atoms with Crippen molar-refractivity contribution in [2.75, 3.05) is 0 Å². The van der Waals surface area contributed by atoms with Gasteiger partial charge in [0.15, 0.2) is 17.5 Å². The van der Waals surface area contributed by atoms with Crippen LogP contribution < -0.4 is 0 Å². The van der Waals surface area contributed by atoms with E-state index in [1.54, 1.807) is 6.07 Å². The average molecular weight is 648 g/mol. The smallest absolute Gasteiger partial charge is 0.164 e. The van der Waals surface area contributed by atoms with Crippen LogP contribution in [-0.2, 0) is 0 Å². The summed E-state index contributed by atoms with van der Waals surface area (Å²) in [5, 5.41) is 2.39. The molecule has 0 unspecified atom stereocenters. The minimum atomic E-state index is -0.418. The lowest BCUT2D eigenvalue weighted by Gasteiger charge is -2.10. The van der Waals surface area contributed by atoms with Crippen LogP contribution in [0, 0.1) is 0 Å². The summed E-state index contributed by atoms with van der Waals surface area (Å²) < 4.78 is 62.8. The highest BCUT2D eigenvalue weighted by Gasteiger charge is 2.18. The normalized spacial score (nSPS) is 13.3. The maximum atomic E-state index is 8.87. The lowest BCUT2D eigenvalue weighted by molar-refractivity contribution is 0.668. The van der Waals surface area contributed by atoms with Crippen LogP contribution in [0.3, 0.4) is 0 Å². The van der Waals surface area contributed by atoms with Gasteiger partial charge in [0.25, 0.3) is 0 Å². The van der Waals surface area contributed by atoms with Crippen LogP contribution in [0.1, 0.15) is 8.22 Å². The number of nitrogens with zero attached hydrogens (tertiary/aromatic N) is 3. The molecule has 0 saturated carbocycles. The van der Waals surface area contributed by atoms with Crippen molar-refractivity contribution < 1.29 is 17.1 Å². The molecule has 0 spiro atoms. The topological polar surface area (TPSA) is 65.0 Å². The number of hydrogen-bond donors (Lipinski definition) is 0. The van der Waals surface area contributed by atoms with E-state index in [2.05, 4.69) is 24.3 Å². The Morgan fingerprint density at radius 3 is 1.74 bits per heavy atom. The zero-order valence-corrected chi connectivity index (χ0v) is 26.3. The van der Waals surface area contributed by atoms with E-state index < -0.39 is 12.1 Å². The molecule has 0 N–H and O–H groups in total. The number of benzene rings is 7. The van der Waals surface area contributed by atoms with E-state index in [0.717, 1.165) is 44.2 Å². The van der Waals surface area contributed by atoms with E-state index in [1.807, 2.05) is 97.1 Å². The summed E-state index contributed by atoms with van der Waals surface area (Å²) in [6, 6.07) is 39.3. The van der Waals surface area contributed by atoms with Crippen molar-refractivity contribution in [3.05, 3.63) is 164 Å². The fourth-order valence-electron chi connectivity index (χ4n) is 6.49. The molecule has 10 aromatic rings. The summed E-state index contributed by atoms with van der Waals surface area (Å²) in [4.78, 5) is 15.0. The number of furan rings is 2. The van der Waals surface area contributed by atoms with Crippen LogP contribution in [0.25, 0.3) is 100 Å². The molecular formula is C45H27N3O2. The van der Waals surface area contributed by atoms with Crippen molar-refractivity contribution in [1.29, 1.82) is 0 Å². The van der Waals surface area contributed by atoms with Gasteiger partial charge in [0.05, 0.1) is 8.22 Å². The second-order valence-corrected chi connectivity index (χ2v) is 12.0. The van der Waals surface area contributed by atoms with Crippen LogP contribution in [0.5, 0.6) is 0 Å². The molecule has 7 aromatic carbocycles. The largest absolute Gasteiger partial charge is 0.456 e. The summed E-state index contributed by atoms with van der Waals surface area (Å²) in [6.07, 6.45) is 0. The Labute approximate surface area is 295 Å². The highest BCUT2D eigenvalue weighted by molar-refractivity contribution is 6.12. The molecule has 234 valence electrons. The maximum absolute atomic E-state index is 8.87. The Bertz CT molecular complexity index is 3200. The van der Waals surface area contributed by atoms with Gasteiger partial charge in [-0.15, -0.1) is 0 Å². The predicted octanol–water partition coefficient (Wildman–Crippen LogP) is 12.0. The monoisotopic (exact) mass is 647 g/mol. The maximum Gasteiger partial charge on any atom is 0.164 e. The molecule has 3 aromatic heterocycles. The molecule has 0 atom stereocenters. The first-order valence-electron chi connectivity index (χ1n) is 19.1. The molecule has 0 aliphatic heterocycles. The lowest BCUT2D eigenvalue weighted by atomic mass is 10.0. The van der Waals surface area contributed by atoms with Crippen molar-refractivity contribution in [2.24, 2.45) is 0 Å². The Morgan fingerprint density at radius 2 is 0.960 bits per heavy atom. The zero-order valence-electron chi connectivity index (χ0n) is 32.3. The molecule has 0 fully saturated rings. The third-order valence-electron chi connectivity index (χ3n) is 8.95. The fourth-order valence-corrected chi connectivity index (χ4v) is 6.49. The molecule has 0 aliphatic carbocycles. The van der Waals surface area contributed by atoms with Gasteiger partial charge in [-0.1, -0.05) is 133 Å². The van der Waals surface area contributed by atoms with Gasteiger partial charge in [0.1, 0.15) is 22.3 Å². The molecule has 5 heteroatoms. The Morgan fingerprint density at radius 1 is 0.380 bits per heavy atom. The summed E-state index contributed by atoms with van der Waals surface area (Å²) in [7, 11) is 0. The second kappa shape index (κ2) is 11.4. The SMILES string of the molecule is [2H]c1c(-c2ccc(-c3nc(-c4ccc(-c5ccccc5)cc4)nc(-c4cccc5oc6ccccc6c45)n3)cc2)cc2c(oc3c([2H])c([2H])c([2H])c([2H])c32)c1[2H]. The fraction of sp³-hybridized carbons (Fsp3) is 0. The third-order valence-corrected chi connectivity index (χ3v) is 8.95. The molecule has 5 nitrogen and oxygen atoms in total. The molecule has 0 aliphatic rings. The summed E-state index contributed by atoms with van der Waals surface area (Å²) in [5.41, 5.74) is 7.03. The van der Waals surface area contributed by atoms with Crippen LogP contribution >= 0.6 is 0 Å². The van der Waals surface area contributed by atoms with E-state index in [1.165, 1.54) is 0 Å². The number of aromatic nitrogens is 3. The number of rotatable bonds is 5. The van der Waals surface area contributed by atoms with Gasteiger partial charge in [0, 0.05) is 38.2 Å². The van der Waals surface area contributed by atoms with Crippen molar-refractivity contribution >= 4 is 43.9 Å². The molecule has 0 radical (unpaired) electrons. The highest BCUT2D eigenvalue weighted by atomic mass is 16.3. The van der Waals surface area contributed by atoms with Crippen LogP contribution in [0.4, 0.5) is 0 Å². The van der Waals surface area contributed by atoms with Crippen molar-refractivity contribution in [1.82, 2.24) is 15.0 Å². The van der Waals surface area contributed by atoms with Gasteiger partial charge >= 0.3 is 0 Å². The Balaban J connectivity index is 1.12. The highest BCUT2D eigenvalue weighted by Crippen LogP contribution is 2.37. The molecule has 0 bridgehead atoms. The van der Waals surface area contributed by atoms with E-state index >= 15 is 0 Å². The minimum Gasteiger partial charge on any atom is -0.456 e. The van der Waals surface area contributed by atoms with Crippen LogP contribution in [0.2, 0.25) is 0 Å². The first-order valence-corrected chi connectivity index (χ1v) is 16.1. The van der Waals surface area contributed by atoms with E-state index in [4.69, 9.17) is 32.0 Å². The summed E-state index contributed by atoms with van der Waals surface area (Å²) in [5.74, 6) is 1.41. The molecule has 0 saturated heterocycles. The van der Waals surface area contributed by atoms with Crippen LogP contribution in [-0.4, -0.2) is 15.0 Å². The van der Waals surface area contributed by atoms with Crippen molar-refractivity contribution in [3.8, 4) is 56.4 Å². The first kappa shape index (κ1) is 22.7. The Hall–Kier alpha value is -6.85. The van der Waals surface area contributed by atoms with E-state index in [-0.39, 0.29) is 40.7 Å². The number of hydrogen-bond acceptors (Lipinski definition) is 5. The lowest BCUT2D eigenvalue weighted by Crippen LogP contribution is -2.00. The van der Waals surface area contributed by atoms with Gasteiger partial charge < -0.3 is 8.83 Å². The third kappa shape index (κ3) is 4.75. The zero-order chi connectivity index (χ0) is 38.2. The van der Waals surface area contributed by atoms with Crippen LogP contribution in [0.15, 0.2) is 172 Å². The number of para-hydroxylation sites is 2. The molecule has 10 rings (SSSR count). The average Bonchev–Trinajstić information content (AvgIpc) is 3.83. The first-order chi connectivity index (χ1) is 27.2. The number of fused-ring (bicyclic) bond motifs is 6. The quantitative estimate of drug-likeness (QED) is 0.186. The molecular weight excluding hydrogens is 615 g/mol. The second-order valence-electron chi connectivity index (χ2n) is 12.0. The van der Waals surface area contributed by atoms with Crippen molar-refractivity contribution in [2.45, 2.75) is 0 Å². The molecule has 3 heterocycles. The van der Waals surface area contributed by atoms with Crippen molar-refractivity contribution in [3.63, 3.8) is 0 Å². The van der Waals surface area contributed by atoms with Gasteiger partial charge in [-0.2, -0.15) is 0 Å². The van der Waals surface area contributed by atoms with Gasteiger partial charge in [-0.3, -0.25) is 0 Å². The van der Waals surface area contributed by atoms with E-state index in [9.17, 15) is 0 Å². The molecule has 50 heavy (non-hydrogen) atoms. The molecule has 0 amide bonds. The standard InChI is InChI=1S/C45H27N3O2/c1-2-9-28(10-3-1)29-17-21-31(22-18-29)43-46-44(48-45(47-43)36-13-8-16-41-42(36)35-12-5-7-15-39(35)50-41)32-23-19-30(20-24-32)33-25-26-40-37(27-33)34-11-4-6-14-38(34)49-40/h1-27H/i4D,6D,11D,14D,25D,26D. The minimum absolute atomic E-state index is 0.0401. The predicted molar refractivity (Wildman–Crippen MR) is 202 cm³/mol. The van der Waals surface area contributed by atoms with Gasteiger partial charge in [0.2, 0.25) is 0 Å². The summed E-state index contributed by atoms with van der Waals surface area (Å²) >= 11 is 0. The summed E-state index contributed by atoms with van der Waals surface area (Å²) in [6.45, 7) is 0. The van der Waals surface area contributed by atoms with E-state index in [0.29, 0.717) is 39.5 Å².